The zero-order valence-corrected chi connectivity index (χ0v) is 22.5. The lowest BCUT2D eigenvalue weighted by Gasteiger charge is -2.08. The Balaban J connectivity index is 1.63. The second-order valence-corrected chi connectivity index (χ2v) is 8.74. The third kappa shape index (κ3) is 12.3. The van der Waals surface area contributed by atoms with Gasteiger partial charge in [-0.15, -0.1) is 0 Å². The van der Waals surface area contributed by atoms with Gasteiger partial charge in [0.05, 0.1) is 24.3 Å². The molecule has 0 aliphatic carbocycles. The average Bonchev–Trinajstić information content (AvgIpc) is 2.93. The minimum absolute atomic E-state index is 0.0297. The third-order valence-corrected chi connectivity index (χ3v) is 5.42. The standard InChI is InChI=1S/C29H36N2O8/c1-3-5-18-37-28(35)21-10-14-23(15-11-21)30-25(32)8-7-9-27(34)39-20-26(33)31-24-16-12-22(13-17-24)29(36)38-19-6-4-2/h10-17H,3-9,18-20H2,1-2H3,(H,30,32)(H,31,33). The molecule has 0 atom stereocenters. The van der Waals surface area contributed by atoms with Gasteiger partial charge in [-0.25, -0.2) is 9.59 Å². The molecule has 0 bridgehead atoms. The first kappa shape index (κ1) is 31.0. The average molecular weight is 541 g/mol. The number of rotatable bonds is 16. The van der Waals surface area contributed by atoms with E-state index in [1.165, 1.54) is 12.1 Å². The quantitative estimate of drug-likeness (QED) is 0.174. The van der Waals surface area contributed by atoms with Crippen molar-refractivity contribution >= 4 is 41.1 Å². The maximum atomic E-state index is 12.1. The van der Waals surface area contributed by atoms with Gasteiger partial charge in [0.25, 0.3) is 5.91 Å². The van der Waals surface area contributed by atoms with Gasteiger partial charge in [0.15, 0.2) is 6.61 Å². The van der Waals surface area contributed by atoms with E-state index in [9.17, 15) is 24.0 Å². The van der Waals surface area contributed by atoms with Crippen molar-refractivity contribution < 1.29 is 38.2 Å². The first-order chi connectivity index (χ1) is 18.8. The maximum Gasteiger partial charge on any atom is 0.338 e. The second-order valence-electron chi connectivity index (χ2n) is 8.74. The minimum atomic E-state index is -0.603. The van der Waals surface area contributed by atoms with Crippen LogP contribution in [0, 0.1) is 0 Å². The Morgan fingerprint density at radius 1 is 0.590 bits per heavy atom. The van der Waals surface area contributed by atoms with Crippen LogP contribution < -0.4 is 10.6 Å². The molecule has 2 aromatic carbocycles. The molecule has 0 saturated heterocycles. The van der Waals surface area contributed by atoms with Gasteiger partial charge in [-0.1, -0.05) is 26.7 Å². The van der Waals surface area contributed by atoms with Gasteiger partial charge in [0, 0.05) is 24.2 Å². The highest BCUT2D eigenvalue weighted by Gasteiger charge is 2.12. The molecular formula is C29H36N2O8. The van der Waals surface area contributed by atoms with Gasteiger partial charge in [-0.2, -0.15) is 0 Å². The Labute approximate surface area is 228 Å². The SMILES string of the molecule is CCCCOC(=O)c1ccc(NC(=O)CCCC(=O)OCC(=O)Nc2ccc(C(=O)OCCCC)cc2)cc1. The summed E-state index contributed by atoms with van der Waals surface area (Å²) in [4.78, 5) is 60.0. The number of amides is 2. The molecule has 0 unspecified atom stereocenters. The van der Waals surface area contributed by atoms with Gasteiger partial charge in [-0.3, -0.25) is 14.4 Å². The molecule has 0 heterocycles. The Kier molecular flexibility index (Phi) is 13.8. The number of hydrogen-bond donors (Lipinski definition) is 2. The number of anilines is 2. The highest BCUT2D eigenvalue weighted by Crippen LogP contribution is 2.13. The first-order valence-corrected chi connectivity index (χ1v) is 13.1. The van der Waals surface area contributed by atoms with E-state index in [-0.39, 0.29) is 25.2 Å². The summed E-state index contributed by atoms with van der Waals surface area (Å²) < 4.78 is 15.2. The second kappa shape index (κ2) is 17.3. The monoisotopic (exact) mass is 540 g/mol. The molecule has 39 heavy (non-hydrogen) atoms. The summed E-state index contributed by atoms with van der Waals surface area (Å²) in [6.45, 7) is 4.26. The molecule has 2 amide bonds. The lowest BCUT2D eigenvalue weighted by Crippen LogP contribution is -2.21. The van der Waals surface area contributed by atoms with Crippen molar-refractivity contribution in [2.24, 2.45) is 0 Å². The van der Waals surface area contributed by atoms with Crippen LogP contribution in [0.1, 0.15) is 79.5 Å². The first-order valence-electron chi connectivity index (χ1n) is 13.1. The maximum absolute atomic E-state index is 12.1. The molecule has 0 saturated carbocycles. The van der Waals surface area contributed by atoms with E-state index >= 15 is 0 Å². The predicted molar refractivity (Wildman–Crippen MR) is 145 cm³/mol. The van der Waals surface area contributed by atoms with Gasteiger partial charge < -0.3 is 24.8 Å². The van der Waals surface area contributed by atoms with E-state index in [2.05, 4.69) is 10.6 Å². The fourth-order valence-corrected chi connectivity index (χ4v) is 3.20. The highest BCUT2D eigenvalue weighted by molar-refractivity contribution is 5.95. The summed E-state index contributed by atoms with van der Waals surface area (Å²) in [6, 6.07) is 12.5. The molecule has 10 nitrogen and oxygen atoms in total. The van der Waals surface area contributed by atoms with Crippen molar-refractivity contribution in [1.82, 2.24) is 0 Å². The predicted octanol–water partition coefficient (Wildman–Crippen LogP) is 4.89. The fourth-order valence-electron chi connectivity index (χ4n) is 3.20. The van der Waals surface area contributed by atoms with Gasteiger partial charge >= 0.3 is 17.9 Å². The topological polar surface area (TPSA) is 137 Å². The molecule has 2 rings (SSSR count). The normalized spacial score (nSPS) is 10.3. The van der Waals surface area contributed by atoms with Gasteiger partial charge in [0.2, 0.25) is 5.91 Å². The Morgan fingerprint density at radius 2 is 1.05 bits per heavy atom. The molecule has 2 aromatic rings. The Bertz CT molecular complexity index is 1100. The van der Waals surface area contributed by atoms with Crippen molar-refractivity contribution in [3.8, 4) is 0 Å². The zero-order valence-electron chi connectivity index (χ0n) is 22.5. The van der Waals surface area contributed by atoms with Crippen LogP contribution in [-0.4, -0.2) is 49.5 Å². The van der Waals surface area contributed by atoms with E-state index in [0.717, 1.165) is 25.7 Å². The Hall–Kier alpha value is -4.21. The molecule has 0 aliphatic rings. The van der Waals surface area contributed by atoms with E-state index < -0.39 is 30.4 Å². The summed E-state index contributed by atoms with van der Waals surface area (Å²) >= 11 is 0. The van der Waals surface area contributed by atoms with Crippen LogP contribution in [0.25, 0.3) is 0 Å². The van der Waals surface area contributed by atoms with E-state index in [1.54, 1.807) is 36.4 Å². The number of carbonyl (C=O) groups excluding carboxylic acids is 5. The van der Waals surface area contributed by atoms with Crippen molar-refractivity contribution in [1.29, 1.82) is 0 Å². The lowest BCUT2D eigenvalue weighted by atomic mass is 10.2. The fraction of sp³-hybridized carbons (Fsp3) is 0.414. The van der Waals surface area contributed by atoms with Crippen molar-refractivity contribution in [3.63, 3.8) is 0 Å². The van der Waals surface area contributed by atoms with Crippen LogP contribution in [0.15, 0.2) is 48.5 Å². The lowest BCUT2D eigenvalue weighted by molar-refractivity contribution is -0.147. The summed E-state index contributed by atoms with van der Waals surface area (Å²) in [5.41, 5.74) is 1.74. The smallest absolute Gasteiger partial charge is 0.338 e. The zero-order chi connectivity index (χ0) is 28.5. The highest BCUT2D eigenvalue weighted by atomic mass is 16.5. The Morgan fingerprint density at radius 3 is 1.51 bits per heavy atom. The summed E-state index contributed by atoms with van der Waals surface area (Å²) in [7, 11) is 0. The largest absolute Gasteiger partial charge is 0.462 e. The number of unbranched alkanes of at least 4 members (excludes halogenated alkanes) is 2. The van der Waals surface area contributed by atoms with Gasteiger partial charge in [-0.05, 0) is 67.8 Å². The molecule has 0 fully saturated rings. The number of nitrogens with one attached hydrogen (secondary N) is 2. The van der Waals surface area contributed by atoms with Crippen LogP contribution in [0.4, 0.5) is 11.4 Å². The van der Waals surface area contributed by atoms with E-state index in [0.29, 0.717) is 35.7 Å². The van der Waals surface area contributed by atoms with E-state index in [4.69, 9.17) is 14.2 Å². The van der Waals surface area contributed by atoms with Gasteiger partial charge in [0.1, 0.15) is 0 Å². The van der Waals surface area contributed by atoms with Crippen LogP contribution in [0.3, 0.4) is 0 Å². The van der Waals surface area contributed by atoms with Crippen LogP contribution >= 0.6 is 0 Å². The third-order valence-electron chi connectivity index (χ3n) is 5.42. The molecular weight excluding hydrogens is 504 g/mol. The molecule has 2 N–H and O–H groups in total. The molecule has 0 aromatic heterocycles. The summed E-state index contributed by atoms with van der Waals surface area (Å²) in [5, 5.41) is 5.28. The van der Waals surface area contributed by atoms with Crippen molar-refractivity contribution in [2.75, 3.05) is 30.5 Å². The van der Waals surface area contributed by atoms with Crippen LogP contribution in [0.5, 0.6) is 0 Å². The minimum Gasteiger partial charge on any atom is -0.462 e. The molecule has 0 radical (unpaired) electrons. The number of benzene rings is 2. The molecule has 0 spiro atoms. The number of carbonyl (C=O) groups is 5. The number of esters is 3. The summed E-state index contributed by atoms with van der Waals surface area (Å²) in [5.74, 6) is -2.27. The molecule has 10 heteroatoms. The molecule has 210 valence electrons. The number of ether oxygens (including phenoxy) is 3. The van der Waals surface area contributed by atoms with Crippen LogP contribution in [0.2, 0.25) is 0 Å². The van der Waals surface area contributed by atoms with Crippen LogP contribution in [-0.2, 0) is 28.6 Å². The molecule has 0 aliphatic heterocycles. The van der Waals surface area contributed by atoms with E-state index in [1.807, 2.05) is 13.8 Å². The summed E-state index contributed by atoms with van der Waals surface area (Å²) in [6.07, 6.45) is 3.74. The van der Waals surface area contributed by atoms with Crippen molar-refractivity contribution in [3.05, 3.63) is 59.7 Å². The number of hydrogen-bond acceptors (Lipinski definition) is 8. The van der Waals surface area contributed by atoms with Crippen molar-refractivity contribution in [2.45, 2.75) is 58.8 Å².